The van der Waals surface area contributed by atoms with E-state index in [9.17, 15) is 26.7 Å². The highest BCUT2D eigenvalue weighted by Crippen LogP contribution is 2.43. The summed E-state index contributed by atoms with van der Waals surface area (Å²) in [6.45, 7) is -0.362. The molecule has 14 heteroatoms. The van der Waals surface area contributed by atoms with Crippen LogP contribution in [0.25, 0.3) is 11.0 Å². The number of hydrogen-bond acceptors (Lipinski definition) is 7. The van der Waals surface area contributed by atoms with Crippen LogP contribution >= 0.6 is 0 Å². The van der Waals surface area contributed by atoms with Crippen molar-refractivity contribution in [3.05, 3.63) is 30.7 Å². The fourth-order valence-electron chi connectivity index (χ4n) is 4.69. The van der Waals surface area contributed by atoms with E-state index in [2.05, 4.69) is 24.8 Å². The molecule has 2 aliphatic heterocycles. The Morgan fingerprint density at radius 2 is 1.86 bits per heavy atom. The van der Waals surface area contributed by atoms with E-state index in [1.54, 1.807) is 11.1 Å². The van der Waals surface area contributed by atoms with E-state index < -0.39 is 25.8 Å². The van der Waals surface area contributed by atoms with E-state index in [4.69, 9.17) is 0 Å². The van der Waals surface area contributed by atoms with Crippen molar-refractivity contribution in [3.8, 4) is 5.88 Å². The molecule has 5 rings (SSSR count). The molecule has 2 aliphatic rings. The molecule has 0 aliphatic carbocycles. The Bertz CT molecular complexity index is 1240. The van der Waals surface area contributed by atoms with Crippen LogP contribution in [0.2, 0.25) is 0 Å². The van der Waals surface area contributed by atoms with E-state index in [0.717, 1.165) is 4.68 Å². The summed E-state index contributed by atoms with van der Waals surface area (Å²) in [4.78, 5) is 29.1. The van der Waals surface area contributed by atoms with Gasteiger partial charge in [0.05, 0.1) is 23.5 Å². The Labute approximate surface area is 201 Å². The van der Waals surface area contributed by atoms with Crippen LogP contribution in [-0.2, 0) is 11.3 Å². The molecule has 0 saturated carbocycles. The van der Waals surface area contributed by atoms with Gasteiger partial charge in [-0.05, 0) is 18.9 Å². The smallest absolute Gasteiger partial charge is 0.422 e. The lowest BCUT2D eigenvalue weighted by molar-refractivity contribution is -0.154. The molecule has 0 N–H and O–H groups in total. The number of nitrogens with zero attached hydrogens (tertiary/aromatic N) is 7. The van der Waals surface area contributed by atoms with Crippen LogP contribution in [0.5, 0.6) is 5.88 Å². The Balaban J connectivity index is 1.23. The largest absolute Gasteiger partial charge is 0.468 e. The second-order valence-electron chi connectivity index (χ2n) is 9.07. The second-order valence-corrected chi connectivity index (χ2v) is 9.07. The van der Waals surface area contributed by atoms with Gasteiger partial charge < -0.3 is 14.5 Å². The number of ether oxygens (including phenoxy) is 1. The first kappa shape index (κ1) is 24.1. The first-order valence-electron chi connectivity index (χ1n) is 11.3. The van der Waals surface area contributed by atoms with Crippen molar-refractivity contribution in [2.24, 2.45) is 5.41 Å². The summed E-state index contributed by atoms with van der Waals surface area (Å²) < 4.78 is 68.4. The molecular weight excluding hydrogens is 489 g/mol. The van der Waals surface area contributed by atoms with Crippen molar-refractivity contribution in [2.75, 3.05) is 36.0 Å². The first-order valence-corrected chi connectivity index (χ1v) is 11.3. The lowest BCUT2D eigenvalue weighted by Crippen LogP contribution is -2.42. The number of halogens is 5. The summed E-state index contributed by atoms with van der Waals surface area (Å²) in [5.41, 5.74) is 0.582. The number of carbonyl (C=O) groups excluding carboxylic acids is 1. The fourth-order valence-corrected chi connectivity index (χ4v) is 4.69. The van der Waals surface area contributed by atoms with Gasteiger partial charge in [-0.1, -0.05) is 0 Å². The molecule has 0 bridgehead atoms. The molecule has 1 spiro atoms. The molecule has 2 saturated heterocycles. The standard InChI is InChI=1S/C22H22F5N7O2/c23-16(24)11-34-19-14(9-30-34)8-29-20(31-19)32-5-3-21(4-6-32)7-18(35)33(12-21)15-1-2-17(28-10-15)36-13-22(25,26)27/h1-2,8-10,16H,3-7,11-13H2. The first-order chi connectivity index (χ1) is 17.1. The van der Waals surface area contributed by atoms with Gasteiger partial charge in [0.2, 0.25) is 17.7 Å². The van der Waals surface area contributed by atoms with Crippen LogP contribution in [0, 0.1) is 5.41 Å². The number of rotatable bonds is 6. The average molecular weight is 511 g/mol. The van der Waals surface area contributed by atoms with Gasteiger partial charge in [-0.2, -0.15) is 23.3 Å². The van der Waals surface area contributed by atoms with Gasteiger partial charge in [-0.15, -0.1) is 0 Å². The summed E-state index contributed by atoms with van der Waals surface area (Å²) in [5, 5.41) is 4.54. The number of amides is 1. The van der Waals surface area contributed by atoms with Gasteiger partial charge >= 0.3 is 6.18 Å². The normalized spacial score (nSPS) is 18.1. The van der Waals surface area contributed by atoms with Crippen LogP contribution in [0.15, 0.2) is 30.7 Å². The molecule has 0 atom stereocenters. The van der Waals surface area contributed by atoms with Crippen molar-refractivity contribution < 1.29 is 31.5 Å². The molecule has 1 amide bonds. The number of pyridine rings is 1. The van der Waals surface area contributed by atoms with E-state index in [1.165, 1.54) is 24.5 Å². The van der Waals surface area contributed by atoms with E-state index in [-0.39, 0.29) is 17.2 Å². The number of alkyl halides is 5. The fraction of sp³-hybridized carbons (Fsp3) is 0.500. The zero-order chi connectivity index (χ0) is 25.5. The number of piperidine rings is 1. The Morgan fingerprint density at radius 1 is 1.08 bits per heavy atom. The number of anilines is 2. The van der Waals surface area contributed by atoms with Crippen LogP contribution < -0.4 is 14.5 Å². The van der Waals surface area contributed by atoms with Crippen LogP contribution in [-0.4, -0.2) is 69.5 Å². The molecule has 2 fully saturated rings. The van der Waals surface area contributed by atoms with Crippen LogP contribution in [0.4, 0.5) is 33.6 Å². The zero-order valence-corrected chi connectivity index (χ0v) is 19.0. The number of aromatic nitrogens is 5. The Kier molecular flexibility index (Phi) is 6.12. The lowest BCUT2D eigenvalue weighted by Gasteiger charge is -2.38. The summed E-state index contributed by atoms with van der Waals surface area (Å²) in [7, 11) is 0. The Hall–Kier alpha value is -3.58. The predicted molar refractivity (Wildman–Crippen MR) is 118 cm³/mol. The molecule has 3 aromatic rings. The summed E-state index contributed by atoms with van der Waals surface area (Å²) in [6, 6.07) is 2.84. The molecule has 36 heavy (non-hydrogen) atoms. The van der Waals surface area contributed by atoms with Gasteiger partial charge in [0.25, 0.3) is 6.43 Å². The minimum Gasteiger partial charge on any atom is -0.468 e. The van der Waals surface area contributed by atoms with Gasteiger partial charge in [0, 0.05) is 43.7 Å². The van der Waals surface area contributed by atoms with Gasteiger partial charge in [0.15, 0.2) is 12.3 Å². The van der Waals surface area contributed by atoms with E-state index >= 15 is 0 Å². The predicted octanol–water partition coefficient (Wildman–Crippen LogP) is 3.45. The monoisotopic (exact) mass is 511 g/mol. The van der Waals surface area contributed by atoms with Crippen molar-refractivity contribution in [1.29, 1.82) is 0 Å². The second kappa shape index (κ2) is 9.13. The van der Waals surface area contributed by atoms with E-state index in [0.29, 0.717) is 61.6 Å². The number of fused-ring (bicyclic) bond motifs is 1. The highest BCUT2D eigenvalue weighted by molar-refractivity contribution is 5.96. The van der Waals surface area contributed by atoms with Gasteiger partial charge in [-0.25, -0.2) is 23.4 Å². The lowest BCUT2D eigenvalue weighted by atomic mass is 9.77. The minimum absolute atomic E-state index is 0.0808. The number of carbonyl (C=O) groups is 1. The molecule has 0 radical (unpaired) electrons. The summed E-state index contributed by atoms with van der Waals surface area (Å²) in [6.07, 6.45) is -0.945. The maximum absolute atomic E-state index is 12.8. The molecule has 192 valence electrons. The zero-order valence-electron chi connectivity index (χ0n) is 19.0. The van der Waals surface area contributed by atoms with Crippen molar-refractivity contribution in [1.82, 2.24) is 24.7 Å². The third-order valence-electron chi connectivity index (χ3n) is 6.52. The molecule has 0 aromatic carbocycles. The maximum atomic E-state index is 12.8. The molecule has 9 nitrogen and oxygen atoms in total. The van der Waals surface area contributed by atoms with Crippen LogP contribution in [0.1, 0.15) is 19.3 Å². The maximum Gasteiger partial charge on any atom is 0.422 e. The van der Waals surface area contributed by atoms with Crippen molar-refractivity contribution in [3.63, 3.8) is 0 Å². The molecule has 0 unspecified atom stereocenters. The summed E-state index contributed by atoms with van der Waals surface area (Å²) in [5.74, 6) is 0.175. The van der Waals surface area contributed by atoms with Gasteiger partial charge in [0.1, 0.15) is 6.54 Å². The highest BCUT2D eigenvalue weighted by Gasteiger charge is 2.45. The average Bonchev–Trinajstić information content (AvgIpc) is 3.38. The van der Waals surface area contributed by atoms with Crippen molar-refractivity contribution in [2.45, 2.75) is 38.4 Å². The van der Waals surface area contributed by atoms with E-state index in [1.807, 2.05) is 4.90 Å². The summed E-state index contributed by atoms with van der Waals surface area (Å²) >= 11 is 0. The minimum atomic E-state index is -4.46. The quantitative estimate of drug-likeness (QED) is 0.469. The third kappa shape index (κ3) is 5.02. The van der Waals surface area contributed by atoms with Crippen LogP contribution in [0.3, 0.4) is 0 Å². The molecule has 5 heterocycles. The molecular formula is C22H22F5N7O2. The third-order valence-corrected chi connectivity index (χ3v) is 6.52. The van der Waals surface area contributed by atoms with Crippen molar-refractivity contribution >= 4 is 28.6 Å². The molecule has 3 aromatic heterocycles. The van der Waals surface area contributed by atoms with Gasteiger partial charge in [-0.3, -0.25) is 4.79 Å². The SMILES string of the molecule is O=C1CC2(CCN(c3ncc4cnn(CC(F)F)c4n3)CC2)CN1c1ccc(OCC(F)(F)F)nc1. The highest BCUT2D eigenvalue weighted by atomic mass is 19.4. The number of hydrogen-bond donors (Lipinski definition) is 0. The Morgan fingerprint density at radius 3 is 2.53 bits per heavy atom. The topological polar surface area (TPSA) is 89.3 Å².